The van der Waals surface area contributed by atoms with Crippen LogP contribution in [0.4, 0.5) is 0 Å². The highest BCUT2D eigenvalue weighted by atomic mass is 14.8. The molecule has 0 bridgehead atoms. The molecule has 0 atom stereocenters. The number of benzene rings is 1. The summed E-state index contributed by atoms with van der Waals surface area (Å²) in [4.78, 5) is 0. The lowest BCUT2D eigenvalue weighted by Gasteiger charge is -1.97. The molecule has 11 heavy (non-hydrogen) atoms. The first-order valence-electron chi connectivity index (χ1n) is 3.62. The highest BCUT2D eigenvalue weighted by molar-refractivity contribution is 5.14. The first-order valence-corrected chi connectivity index (χ1v) is 3.62. The summed E-state index contributed by atoms with van der Waals surface area (Å²) in [5.74, 6) is 0. The van der Waals surface area contributed by atoms with E-state index in [0.29, 0.717) is 0 Å². The minimum Gasteiger partial charge on any atom is -0.319 e. The largest absolute Gasteiger partial charge is 0.319 e. The Morgan fingerprint density at radius 1 is 1.18 bits per heavy atom. The van der Waals surface area contributed by atoms with Crippen molar-refractivity contribution < 1.29 is 0 Å². The normalized spacial score (nSPS) is 8.82. The van der Waals surface area contributed by atoms with E-state index in [9.17, 15) is 0 Å². The molecule has 1 heteroatoms. The first-order chi connectivity index (χ1) is 4.93. The molecule has 0 aliphatic rings. The average Bonchev–Trinajstić information content (AvgIpc) is 2.03. The van der Waals surface area contributed by atoms with Crippen LogP contribution in [0, 0.1) is 0 Å². The topological polar surface area (TPSA) is 12.0 Å². The van der Waals surface area contributed by atoms with E-state index >= 15 is 0 Å². The van der Waals surface area contributed by atoms with Gasteiger partial charge < -0.3 is 5.32 Å². The zero-order chi connectivity index (χ0) is 7.23. The Balaban J connectivity index is 0.000001000. The van der Waals surface area contributed by atoms with E-state index in [4.69, 9.17) is 0 Å². The maximum absolute atomic E-state index is 3.12. The molecule has 1 aromatic carbocycles. The molecule has 0 amide bonds. The second-order valence-corrected chi connectivity index (χ2v) is 2.34. The van der Waals surface area contributed by atoms with Crippen molar-refractivity contribution in [1.29, 1.82) is 0 Å². The van der Waals surface area contributed by atoms with Gasteiger partial charge in [-0.05, 0) is 25.6 Å². The Morgan fingerprint density at radius 3 is 2.36 bits per heavy atom. The number of hydrogen-bond acceptors (Lipinski definition) is 1. The molecule has 0 fully saturated rings. The lowest BCUT2D eigenvalue weighted by atomic mass is 10.2. The fourth-order valence-electron chi connectivity index (χ4n) is 0.914. The summed E-state index contributed by atoms with van der Waals surface area (Å²) < 4.78 is 0. The van der Waals surface area contributed by atoms with Crippen molar-refractivity contribution in [2.24, 2.45) is 0 Å². The van der Waals surface area contributed by atoms with Gasteiger partial charge in [-0.2, -0.15) is 0 Å². The maximum Gasteiger partial charge on any atom is -0.00114 e. The van der Waals surface area contributed by atoms with Crippen LogP contribution >= 0.6 is 0 Å². The summed E-state index contributed by atoms with van der Waals surface area (Å²) in [5.41, 5.74) is 1.40. The third-order valence-electron chi connectivity index (χ3n) is 1.51. The molecule has 0 saturated carbocycles. The smallest absolute Gasteiger partial charge is 0.00114 e. The summed E-state index contributed by atoms with van der Waals surface area (Å²) in [7, 11) is 1.98. The van der Waals surface area contributed by atoms with E-state index in [-0.39, 0.29) is 7.43 Å². The lowest BCUT2D eigenvalue weighted by molar-refractivity contribution is 0.792. The number of nitrogens with one attached hydrogen (secondary N) is 1. The molecular weight excluding hydrogens is 134 g/mol. The molecule has 0 heterocycles. The molecular formula is C10H17N. The third kappa shape index (κ3) is 3.79. The van der Waals surface area contributed by atoms with Gasteiger partial charge in [0.1, 0.15) is 0 Å². The van der Waals surface area contributed by atoms with Gasteiger partial charge >= 0.3 is 0 Å². The van der Waals surface area contributed by atoms with Gasteiger partial charge in [-0.25, -0.2) is 0 Å². The fraction of sp³-hybridized carbons (Fsp3) is 0.400. The van der Waals surface area contributed by atoms with Gasteiger partial charge in [-0.3, -0.25) is 0 Å². The Bertz CT molecular complexity index is 169. The van der Waals surface area contributed by atoms with E-state index in [1.807, 2.05) is 13.1 Å². The standard InChI is InChI=1S/C9H13N.CH4/c1-10-8-7-9-5-3-2-4-6-9;/h2-6,10H,7-8H2,1H3;1H4. The van der Waals surface area contributed by atoms with Crippen molar-refractivity contribution in [3.63, 3.8) is 0 Å². The Morgan fingerprint density at radius 2 is 1.82 bits per heavy atom. The van der Waals surface area contributed by atoms with E-state index in [1.54, 1.807) is 0 Å². The number of likely N-dealkylation sites (N-methyl/N-ethyl adjacent to an activating group) is 1. The summed E-state index contributed by atoms with van der Waals surface area (Å²) in [6, 6.07) is 10.5. The van der Waals surface area contributed by atoms with Gasteiger partial charge in [-0.15, -0.1) is 0 Å². The summed E-state index contributed by atoms with van der Waals surface area (Å²) in [5, 5.41) is 3.12. The Kier molecular flexibility index (Phi) is 5.49. The molecule has 0 saturated heterocycles. The van der Waals surface area contributed by atoms with Crippen LogP contribution in [0.3, 0.4) is 0 Å². The minimum atomic E-state index is 0. The minimum absolute atomic E-state index is 0. The first kappa shape index (κ1) is 10.2. The van der Waals surface area contributed by atoms with Gasteiger partial charge in [0.25, 0.3) is 0 Å². The average molecular weight is 151 g/mol. The van der Waals surface area contributed by atoms with Gasteiger partial charge in [-0.1, -0.05) is 37.8 Å². The fourth-order valence-corrected chi connectivity index (χ4v) is 0.914. The van der Waals surface area contributed by atoms with Crippen molar-refractivity contribution >= 4 is 0 Å². The van der Waals surface area contributed by atoms with Crippen LogP contribution in [-0.2, 0) is 6.42 Å². The highest BCUT2D eigenvalue weighted by Crippen LogP contribution is 1.97. The van der Waals surface area contributed by atoms with Crippen LogP contribution in [0.25, 0.3) is 0 Å². The molecule has 0 spiro atoms. The Labute approximate surface area is 69.4 Å². The number of hydrogen-bond donors (Lipinski definition) is 1. The summed E-state index contributed by atoms with van der Waals surface area (Å²) in [6.07, 6.45) is 1.12. The molecule has 62 valence electrons. The molecule has 0 aliphatic heterocycles. The van der Waals surface area contributed by atoms with Gasteiger partial charge in [0, 0.05) is 0 Å². The van der Waals surface area contributed by atoms with Crippen molar-refractivity contribution in [2.75, 3.05) is 13.6 Å². The second kappa shape index (κ2) is 5.93. The molecule has 0 aromatic heterocycles. The van der Waals surface area contributed by atoms with Crippen LogP contribution in [0.2, 0.25) is 0 Å². The molecule has 0 unspecified atom stereocenters. The quantitative estimate of drug-likeness (QED) is 0.697. The highest BCUT2D eigenvalue weighted by Gasteiger charge is 1.86. The van der Waals surface area contributed by atoms with Crippen LogP contribution in [0.15, 0.2) is 30.3 Å². The van der Waals surface area contributed by atoms with Crippen LogP contribution in [0.5, 0.6) is 0 Å². The van der Waals surface area contributed by atoms with Crippen molar-refractivity contribution in [1.82, 2.24) is 5.32 Å². The zero-order valence-corrected chi connectivity index (χ0v) is 6.30. The summed E-state index contributed by atoms with van der Waals surface area (Å²) >= 11 is 0. The molecule has 1 N–H and O–H groups in total. The van der Waals surface area contributed by atoms with Crippen LogP contribution < -0.4 is 5.32 Å². The third-order valence-corrected chi connectivity index (χ3v) is 1.51. The maximum atomic E-state index is 3.12. The molecule has 1 rings (SSSR count). The summed E-state index contributed by atoms with van der Waals surface area (Å²) in [6.45, 7) is 1.06. The van der Waals surface area contributed by atoms with E-state index in [1.165, 1.54) is 5.56 Å². The predicted octanol–water partition coefficient (Wildman–Crippen LogP) is 2.08. The molecule has 0 aliphatic carbocycles. The predicted molar refractivity (Wildman–Crippen MR) is 50.8 cm³/mol. The van der Waals surface area contributed by atoms with E-state index in [0.717, 1.165) is 13.0 Å². The molecule has 1 aromatic rings. The van der Waals surface area contributed by atoms with Crippen LogP contribution in [-0.4, -0.2) is 13.6 Å². The van der Waals surface area contributed by atoms with Gasteiger partial charge in [0.15, 0.2) is 0 Å². The second-order valence-electron chi connectivity index (χ2n) is 2.34. The Hall–Kier alpha value is -0.820. The van der Waals surface area contributed by atoms with Crippen molar-refractivity contribution in [3.05, 3.63) is 35.9 Å². The van der Waals surface area contributed by atoms with Gasteiger partial charge in [0.05, 0.1) is 0 Å². The monoisotopic (exact) mass is 151 g/mol. The van der Waals surface area contributed by atoms with E-state index < -0.39 is 0 Å². The van der Waals surface area contributed by atoms with Crippen LogP contribution in [0.1, 0.15) is 13.0 Å². The molecule has 0 radical (unpaired) electrons. The number of rotatable bonds is 3. The van der Waals surface area contributed by atoms with Crippen molar-refractivity contribution in [2.45, 2.75) is 13.8 Å². The van der Waals surface area contributed by atoms with Crippen molar-refractivity contribution in [3.8, 4) is 0 Å². The molecule has 1 nitrogen and oxygen atoms in total. The SMILES string of the molecule is C.CNCCc1ccccc1. The lowest BCUT2D eigenvalue weighted by Crippen LogP contribution is -2.09. The zero-order valence-electron chi connectivity index (χ0n) is 6.30. The van der Waals surface area contributed by atoms with E-state index in [2.05, 4.69) is 29.6 Å². The van der Waals surface area contributed by atoms with Gasteiger partial charge in [0.2, 0.25) is 0 Å².